The van der Waals surface area contributed by atoms with Crippen LogP contribution >= 0.6 is 24.0 Å². The van der Waals surface area contributed by atoms with Gasteiger partial charge in [0.2, 0.25) is 5.95 Å². The summed E-state index contributed by atoms with van der Waals surface area (Å²) in [6, 6.07) is 2.49. The number of ether oxygens (including phenoxy) is 1. The molecule has 3 saturated heterocycles. The Morgan fingerprint density at radius 1 is 1.10 bits per heavy atom. The van der Waals surface area contributed by atoms with Crippen molar-refractivity contribution in [1.82, 2.24) is 30.0 Å². The first-order chi connectivity index (χ1) is 14.8. The Morgan fingerprint density at radius 3 is 2.55 bits per heavy atom. The van der Waals surface area contributed by atoms with Gasteiger partial charge in [-0.15, -0.1) is 24.0 Å². The summed E-state index contributed by atoms with van der Waals surface area (Å²) in [7, 11) is 0. The molecule has 1 atom stereocenters. The fourth-order valence-corrected chi connectivity index (χ4v) is 4.52. The SMILES string of the molecule is CCNC(=NCCN1CCN(c2ncccn2)CC1)N1CCC(N2CCOCC2)C1.I. The van der Waals surface area contributed by atoms with Crippen molar-refractivity contribution in [2.24, 2.45) is 4.99 Å². The normalized spacial score (nSPS) is 23.6. The molecule has 3 aliphatic rings. The molecule has 0 bridgehead atoms. The minimum absolute atomic E-state index is 0. The predicted octanol–water partition coefficient (Wildman–Crippen LogP) is 0.589. The standard InChI is InChI=1S/C21H36N8O.HI/c1-2-22-20(29-8-4-19(18-29)27-14-16-30-17-15-27)25-7-9-26-10-12-28(13-11-26)21-23-5-3-6-24-21;/h3,5-6,19H,2,4,7-18H2,1H3,(H,22,25);1H. The summed E-state index contributed by atoms with van der Waals surface area (Å²) in [5.41, 5.74) is 0. The summed E-state index contributed by atoms with van der Waals surface area (Å²) in [6.07, 6.45) is 4.84. The third kappa shape index (κ3) is 6.87. The Kier molecular flexibility index (Phi) is 10.0. The smallest absolute Gasteiger partial charge is 0.225 e. The molecule has 1 unspecified atom stereocenters. The number of hydrogen-bond acceptors (Lipinski definition) is 7. The Hall–Kier alpha value is -1.24. The maximum atomic E-state index is 5.51. The van der Waals surface area contributed by atoms with Gasteiger partial charge in [-0.3, -0.25) is 14.8 Å². The highest BCUT2D eigenvalue weighted by molar-refractivity contribution is 14.0. The van der Waals surface area contributed by atoms with Gasteiger partial charge in [0.05, 0.1) is 19.8 Å². The molecular formula is C21H37IN8O. The molecule has 0 radical (unpaired) electrons. The summed E-state index contributed by atoms with van der Waals surface area (Å²) in [5, 5.41) is 3.50. The van der Waals surface area contributed by atoms with Crippen molar-refractivity contribution >= 4 is 35.9 Å². The maximum Gasteiger partial charge on any atom is 0.225 e. The number of morpholine rings is 1. The van der Waals surface area contributed by atoms with Crippen molar-refractivity contribution < 1.29 is 4.74 Å². The van der Waals surface area contributed by atoms with Crippen LogP contribution in [0.2, 0.25) is 0 Å². The molecule has 1 aromatic rings. The van der Waals surface area contributed by atoms with Gasteiger partial charge in [-0.25, -0.2) is 9.97 Å². The summed E-state index contributed by atoms with van der Waals surface area (Å²) in [6.45, 7) is 14.9. The summed E-state index contributed by atoms with van der Waals surface area (Å²) in [5.74, 6) is 1.91. The zero-order valence-corrected chi connectivity index (χ0v) is 21.0. The van der Waals surface area contributed by atoms with Gasteiger partial charge in [0.1, 0.15) is 0 Å². The summed E-state index contributed by atoms with van der Waals surface area (Å²) < 4.78 is 5.51. The lowest BCUT2D eigenvalue weighted by Crippen LogP contribution is -2.48. The third-order valence-electron chi connectivity index (χ3n) is 6.24. The van der Waals surface area contributed by atoms with E-state index in [4.69, 9.17) is 9.73 Å². The maximum absolute atomic E-state index is 5.51. The number of aromatic nitrogens is 2. The quantitative estimate of drug-likeness (QED) is 0.317. The summed E-state index contributed by atoms with van der Waals surface area (Å²) >= 11 is 0. The van der Waals surface area contributed by atoms with Gasteiger partial charge in [0, 0.05) is 83.9 Å². The van der Waals surface area contributed by atoms with Crippen LogP contribution in [0.25, 0.3) is 0 Å². The first-order valence-corrected chi connectivity index (χ1v) is 11.4. The molecule has 0 aliphatic carbocycles. The minimum Gasteiger partial charge on any atom is -0.379 e. The van der Waals surface area contributed by atoms with E-state index in [1.807, 2.05) is 18.5 Å². The third-order valence-corrected chi connectivity index (χ3v) is 6.24. The number of nitrogens with one attached hydrogen (secondary N) is 1. The van der Waals surface area contributed by atoms with E-state index in [-0.39, 0.29) is 24.0 Å². The van der Waals surface area contributed by atoms with Crippen molar-refractivity contribution in [3.63, 3.8) is 0 Å². The molecule has 0 spiro atoms. The second-order valence-electron chi connectivity index (χ2n) is 8.15. The molecule has 3 aliphatic heterocycles. The second kappa shape index (κ2) is 12.7. The highest BCUT2D eigenvalue weighted by Gasteiger charge is 2.30. The molecule has 174 valence electrons. The van der Waals surface area contributed by atoms with Gasteiger partial charge in [-0.2, -0.15) is 0 Å². The van der Waals surface area contributed by atoms with Crippen LogP contribution in [0.5, 0.6) is 0 Å². The Morgan fingerprint density at radius 2 is 1.84 bits per heavy atom. The van der Waals surface area contributed by atoms with Crippen molar-refractivity contribution in [3.8, 4) is 0 Å². The first-order valence-electron chi connectivity index (χ1n) is 11.4. The Bertz CT molecular complexity index is 665. The Labute approximate surface area is 203 Å². The van der Waals surface area contributed by atoms with E-state index in [1.54, 1.807) is 0 Å². The number of rotatable bonds is 6. The number of likely N-dealkylation sites (tertiary alicyclic amines) is 1. The van der Waals surface area contributed by atoms with Crippen molar-refractivity contribution in [3.05, 3.63) is 18.5 Å². The number of anilines is 1. The van der Waals surface area contributed by atoms with Crippen LogP contribution in [0.1, 0.15) is 13.3 Å². The largest absolute Gasteiger partial charge is 0.379 e. The number of halogens is 1. The van der Waals surface area contributed by atoms with E-state index in [2.05, 4.69) is 41.8 Å². The summed E-state index contributed by atoms with van der Waals surface area (Å²) in [4.78, 5) is 23.5. The number of guanidine groups is 1. The second-order valence-corrected chi connectivity index (χ2v) is 8.15. The number of piperazine rings is 1. The van der Waals surface area contributed by atoms with E-state index < -0.39 is 0 Å². The van der Waals surface area contributed by atoms with Crippen LogP contribution < -0.4 is 10.2 Å². The van der Waals surface area contributed by atoms with E-state index >= 15 is 0 Å². The molecule has 0 aromatic carbocycles. The average Bonchev–Trinajstić information content (AvgIpc) is 3.30. The molecule has 10 heteroatoms. The fraction of sp³-hybridized carbons (Fsp3) is 0.762. The molecule has 3 fully saturated rings. The predicted molar refractivity (Wildman–Crippen MR) is 134 cm³/mol. The fourth-order valence-electron chi connectivity index (χ4n) is 4.52. The molecule has 9 nitrogen and oxygen atoms in total. The zero-order chi connectivity index (χ0) is 20.6. The van der Waals surface area contributed by atoms with E-state index in [0.717, 1.165) is 97.1 Å². The molecule has 4 heterocycles. The topological polar surface area (TPSA) is 72.4 Å². The minimum atomic E-state index is 0. The van der Waals surface area contributed by atoms with Gasteiger partial charge in [0.25, 0.3) is 0 Å². The number of aliphatic imine (C=N–C) groups is 1. The highest BCUT2D eigenvalue weighted by Crippen LogP contribution is 2.17. The zero-order valence-electron chi connectivity index (χ0n) is 18.7. The van der Waals surface area contributed by atoms with Crippen molar-refractivity contribution in [2.75, 3.05) is 90.1 Å². The van der Waals surface area contributed by atoms with Crippen LogP contribution in [0.3, 0.4) is 0 Å². The van der Waals surface area contributed by atoms with E-state index in [1.165, 1.54) is 6.42 Å². The monoisotopic (exact) mass is 544 g/mol. The van der Waals surface area contributed by atoms with Crippen LogP contribution in [-0.4, -0.2) is 122 Å². The lowest BCUT2D eigenvalue weighted by molar-refractivity contribution is 0.0195. The highest BCUT2D eigenvalue weighted by atomic mass is 127. The van der Waals surface area contributed by atoms with E-state index in [9.17, 15) is 0 Å². The number of hydrogen-bond donors (Lipinski definition) is 1. The van der Waals surface area contributed by atoms with Gasteiger partial charge in [-0.1, -0.05) is 0 Å². The van der Waals surface area contributed by atoms with Crippen LogP contribution in [0, 0.1) is 0 Å². The van der Waals surface area contributed by atoms with Crippen LogP contribution in [-0.2, 0) is 4.74 Å². The molecule has 4 rings (SSSR count). The average molecular weight is 544 g/mol. The molecule has 0 amide bonds. The first kappa shape index (κ1) is 24.4. The molecule has 1 N–H and O–H groups in total. The molecule has 0 saturated carbocycles. The van der Waals surface area contributed by atoms with Crippen molar-refractivity contribution in [2.45, 2.75) is 19.4 Å². The van der Waals surface area contributed by atoms with Crippen LogP contribution in [0.15, 0.2) is 23.5 Å². The number of nitrogens with zero attached hydrogens (tertiary/aromatic N) is 7. The lowest BCUT2D eigenvalue weighted by atomic mass is 10.2. The molecule has 31 heavy (non-hydrogen) atoms. The van der Waals surface area contributed by atoms with Gasteiger partial charge >= 0.3 is 0 Å². The van der Waals surface area contributed by atoms with E-state index in [0.29, 0.717) is 6.04 Å². The van der Waals surface area contributed by atoms with Crippen molar-refractivity contribution in [1.29, 1.82) is 0 Å². The van der Waals surface area contributed by atoms with Crippen LogP contribution in [0.4, 0.5) is 5.95 Å². The Balaban J connectivity index is 0.00000272. The van der Waals surface area contributed by atoms with Gasteiger partial charge in [0.15, 0.2) is 5.96 Å². The lowest BCUT2D eigenvalue weighted by Gasteiger charge is -2.34. The van der Waals surface area contributed by atoms with Gasteiger partial charge < -0.3 is 19.9 Å². The molecule has 1 aromatic heterocycles. The van der Waals surface area contributed by atoms with Gasteiger partial charge in [-0.05, 0) is 19.4 Å². The molecular weight excluding hydrogens is 507 g/mol.